The van der Waals surface area contributed by atoms with E-state index in [1.165, 1.54) is 49.7 Å². The third kappa shape index (κ3) is 2.42. The van der Waals surface area contributed by atoms with Crippen LogP contribution in [-0.4, -0.2) is 29.0 Å². The molecular formula is C17H24N2. The van der Waals surface area contributed by atoms with E-state index >= 15 is 0 Å². The van der Waals surface area contributed by atoms with Crippen molar-refractivity contribution in [2.24, 2.45) is 0 Å². The third-order valence-corrected chi connectivity index (χ3v) is 4.32. The van der Waals surface area contributed by atoms with Gasteiger partial charge in [0, 0.05) is 17.8 Å². The van der Waals surface area contributed by atoms with Gasteiger partial charge in [0.2, 0.25) is 0 Å². The normalized spacial score (nSPS) is 18.4. The fourth-order valence-corrected chi connectivity index (χ4v) is 3.46. The lowest BCUT2D eigenvalue weighted by Crippen LogP contribution is -2.37. The fraction of sp³-hybridized carbons (Fsp3) is 0.529. The first-order chi connectivity index (χ1) is 9.31. The molecule has 1 heterocycles. The second kappa shape index (κ2) is 5.38. The lowest BCUT2D eigenvalue weighted by Gasteiger charge is -2.27. The Morgan fingerprint density at radius 1 is 1.11 bits per heavy atom. The molecule has 2 aromatic rings. The summed E-state index contributed by atoms with van der Waals surface area (Å²) in [6, 6.07) is 7.65. The van der Waals surface area contributed by atoms with Gasteiger partial charge in [-0.15, -0.1) is 0 Å². The standard InChI is InChI=1S/C17H24N2/c1-3-7-19(8-4-2)16-10-14-9-13-5-6-18-17(13)12-15(14)11-16/h5-6,9,12,16,18H,3-4,7-8,10-11H2,1-2H3. The molecule has 1 aromatic heterocycles. The first-order valence-electron chi connectivity index (χ1n) is 7.64. The summed E-state index contributed by atoms with van der Waals surface area (Å²) in [5, 5.41) is 1.36. The van der Waals surface area contributed by atoms with E-state index in [2.05, 4.69) is 41.9 Å². The van der Waals surface area contributed by atoms with Gasteiger partial charge in [-0.1, -0.05) is 13.8 Å². The number of nitrogens with one attached hydrogen (secondary N) is 1. The number of aromatic nitrogens is 1. The second-order valence-corrected chi connectivity index (χ2v) is 5.78. The molecule has 0 saturated heterocycles. The second-order valence-electron chi connectivity index (χ2n) is 5.78. The number of fused-ring (bicyclic) bond motifs is 2. The highest BCUT2D eigenvalue weighted by Crippen LogP contribution is 2.29. The minimum Gasteiger partial charge on any atom is -0.361 e. The Hall–Kier alpha value is -1.28. The average molecular weight is 256 g/mol. The van der Waals surface area contributed by atoms with E-state index in [0.29, 0.717) is 0 Å². The highest BCUT2D eigenvalue weighted by Gasteiger charge is 2.26. The van der Waals surface area contributed by atoms with Crippen LogP contribution in [0.5, 0.6) is 0 Å². The van der Waals surface area contributed by atoms with Gasteiger partial charge in [-0.3, -0.25) is 4.90 Å². The minimum absolute atomic E-state index is 0.724. The predicted octanol–water partition coefficient (Wildman–Crippen LogP) is 3.76. The Morgan fingerprint density at radius 2 is 1.79 bits per heavy atom. The molecule has 1 atom stereocenters. The van der Waals surface area contributed by atoms with Crippen LogP contribution in [0.1, 0.15) is 37.8 Å². The van der Waals surface area contributed by atoms with E-state index < -0.39 is 0 Å². The number of hydrogen-bond donors (Lipinski definition) is 1. The van der Waals surface area contributed by atoms with Crippen LogP contribution in [0, 0.1) is 0 Å². The van der Waals surface area contributed by atoms with Crippen molar-refractivity contribution in [2.75, 3.05) is 13.1 Å². The Labute approximate surface area is 115 Å². The number of benzene rings is 1. The van der Waals surface area contributed by atoms with Gasteiger partial charge in [-0.2, -0.15) is 0 Å². The quantitative estimate of drug-likeness (QED) is 0.863. The molecule has 102 valence electrons. The van der Waals surface area contributed by atoms with Crippen LogP contribution in [-0.2, 0) is 12.8 Å². The monoisotopic (exact) mass is 256 g/mol. The van der Waals surface area contributed by atoms with E-state index in [9.17, 15) is 0 Å². The van der Waals surface area contributed by atoms with E-state index in [0.717, 1.165) is 6.04 Å². The molecule has 19 heavy (non-hydrogen) atoms. The Kier molecular flexibility index (Phi) is 3.61. The highest BCUT2D eigenvalue weighted by molar-refractivity contribution is 5.81. The molecule has 2 nitrogen and oxygen atoms in total. The molecular weight excluding hydrogens is 232 g/mol. The molecule has 1 aliphatic carbocycles. The summed E-state index contributed by atoms with van der Waals surface area (Å²) in [6.07, 6.45) is 7.01. The highest BCUT2D eigenvalue weighted by atomic mass is 15.1. The van der Waals surface area contributed by atoms with Crippen LogP contribution in [0.2, 0.25) is 0 Å². The zero-order valence-corrected chi connectivity index (χ0v) is 12.1. The molecule has 3 rings (SSSR count). The maximum absolute atomic E-state index is 3.33. The molecule has 0 saturated carbocycles. The van der Waals surface area contributed by atoms with E-state index in [4.69, 9.17) is 0 Å². The summed E-state index contributed by atoms with van der Waals surface area (Å²) in [4.78, 5) is 6.02. The summed E-state index contributed by atoms with van der Waals surface area (Å²) in [6.45, 7) is 7.05. The van der Waals surface area contributed by atoms with Crippen LogP contribution in [0.3, 0.4) is 0 Å². The number of rotatable bonds is 5. The number of hydrogen-bond acceptors (Lipinski definition) is 1. The molecule has 1 aliphatic rings. The Balaban J connectivity index is 1.82. The van der Waals surface area contributed by atoms with Gasteiger partial charge in [0.1, 0.15) is 0 Å². The lowest BCUT2D eigenvalue weighted by atomic mass is 10.1. The van der Waals surface area contributed by atoms with E-state index in [1.807, 2.05) is 6.20 Å². The van der Waals surface area contributed by atoms with Crippen molar-refractivity contribution < 1.29 is 0 Å². The van der Waals surface area contributed by atoms with Crippen LogP contribution < -0.4 is 0 Å². The largest absolute Gasteiger partial charge is 0.361 e. The fourth-order valence-electron chi connectivity index (χ4n) is 3.46. The van der Waals surface area contributed by atoms with Crippen molar-refractivity contribution in [1.29, 1.82) is 0 Å². The number of H-pyrrole nitrogens is 1. The average Bonchev–Trinajstić information content (AvgIpc) is 3.00. The Bertz CT molecular complexity index is 509. The van der Waals surface area contributed by atoms with Crippen molar-refractivity contribution in [3.05, 3.63) is 35.5 Å². The van der Waals surface area contributed by atoms with Crippen molar-refractivity contribution in [3.8, 4) is 0 Å². The van der Waals surface area contributed by atoms with Crippen molar-refractivity contribution in [2.45, 2.75) is 45.6 Å². The molecule has 0 radical (unpaired) electrons. The predicted molar refractivity (Wildman–Crippen MR) is 81.6 cm³/mol. The summed E-state index contributed by atoms with van der Waals surface area (Å²) < 4.78 is 0. The van der Waals surface area contributed by atoms with Gasteiger partial charge in [-0.25, -0.2) is 0 Å². The summed E-state index contributed by atoms with van der Waals surface area (Å²) in [5.74, 6) is 0. The molecule has 0 spiro atoms. The van der Waals surface area contributed by atoms with Gasteiger partial charge < -0.3 is 4.98 Å². The van der Waals surface area contributed by atoms with Gasteiger partial charge >= 0.3 is 0 Å². The lowest BCUT2D eigenvalue weighted by molar-refractivity contribution is 0.202. The van der Waals surface area contributed by atoms with E-state index in [-0.39, 0.29) is 0 Å². The number of aromatic amines is 1. The zero-order chi connectivity index (χ0) is 13.2. The SMILES string of the molecule is CCCN(CCC)C1Cc2cc3cc[nH]c3cc2C1. The zero-order valence-electron chi connectivity index (χ0n) is 12.1. The van der Waals surface area contributed by atoms with Gasteiger partial charge in [0.05, 0.1) is 0 Å². The molecule has 0 amide bonds. The molecule has 1 N–H and O–H groups in total. The smallest absolute Gasteiger partial charge is 0.0456 e. The number of nitrogens with zero attached hydrogens (tertiary/aromatic N) is 1. The Morgan fingerprint density at radius 3 is 2.47 bits per heavy atom. The first kappa shape index (κ1) is 12.7. The molecule has 0 fully saturated rings. The van der Waals surface area contributed by atoms with Crippen LogP contribution in [0.4, 0.5) is 0 Å². The topological polar surface area (TPSA) is 19.0 Å². The van der Waals surface area contributed by atoms with Gasteiger partial charge in [-0.05, 0) is 73.5 Å². The van der Waals surface area contributed by atoms with Gasteiger partial charge in [0.25, 0.3) is 0 Å². The van der Waals surface area contributed by atoms with Crippen LogP contribution >= 0.6 is 0 Å². The van der Waals surface area contributed by atoms with Crippen molar-refractivity contribution in [1.82, 2.24) is 9.88 Å². The van der Waals surface area contributed by atoms with E-state index in [1.54, 1.807) is 11.1 Å². The maximum Gasteiger partial charge on any atom is 0.0456 e. The summed E-state index contributed by atoms with van der Waals surface area (Å²) in [7, 11) is 0. The summed E-state index contributed by atoms with van der Waals surface area (Å²) >= 11 is 0. The van der Waals surface area contributed by atoms with Crippen LogP contribution in [0.25, 0.3) is 10.9 Å². The van der Waals surface area contributed by atoms with Crippen LogP contribution in [0.15, 0.2) is 24.4 Å². The minimum atomic E-state index is 0.724. The van der Waals surface area contributed by atoms with Gasteiger partial charge in [0.15, 0.2) is 0 Å². The molecule has 1 unspecified atom stereocenters. The third-order valence-electron chi connectivity index (χ3n) is 4.32. The molecule has 2 heteroatoms. The van der Waals surface area contributed by atoms with Crippen molar-refractivity contribution >= 4 is 10.9 Å². The summed E-state index contributed by atoms with van der Waals surface area (Å²) in [5.41, 5.74) is 4.41. The molecule has 0 aliphatic heterocycles. The van der Waals surface area contributed by atoms with Crippen molar-refractivity contribution in [3.63, 3.8) is 0 Å². The maximum atomic E-state index is 3.33. The first-order valence-corrected chi connectivity index (χ1v) is 7.64. The molecule has 0 bridgehead atoms. The molecule has 1 aromatic carbocycles.